The standard InChI is InChI=1S/C14H21NOS/c1-11-9-10-13(17-11)14(16)15(2)12-7-5-3-4-6-8-12/h9-10,12H,3-8H2,1-2H3. The van der Waals surface area contributed by atoms with E-state index in [-0.39, 0.29) is 5.91 Å². The molecular weight excluding hydrogens is 230 g/mol. The maximum atomic E-state index is 12.3. The molecule has 0 aromatic carbocycles. The number of thiophene rings is 1. The van der Waals surface area contributed by atoms with E-state index >= 15 is 0 Å². The summed E-state index contributed by atoms with van der Waals surface area (Å²) >= 11 is 1.60. The third-order valence-electron chi connectivity index (χ3n) is 3.64. The van der Waals surface area contributed by atoms with E-state index in [1.54, 1.807) is 11.3 Å². The predicted molar refractivity (Wildman–Crippen MR) is 72.6 cm³/mol. The smallest absolute Gasteiger partial charge is 0.263 e. The highest BCUT2D eigenvalue weighted by molar-refractivity contribution is 7.13. The van der Waals surface area contributed by atoms with Crippen molar-refractivity contribution in [2.45, 2.75) is 51.5 Å². The first-order valence-corrected chi connectivity index (χ1v) is 7.34. The Balaban J connectivity index is 2.03. The molecule has 2 nitrogen and oxygen atoms in total. The molecule has 0 unspecified atom stereocenters. The lowest BCUT2D eigenvalue weighted by Gasteiger charge is -2.26. The summed E-state index contributed by atoms with van der Waals surface area (Å²) in [6.45, 7) is 2.05. The van der Waals surface area contributed by atoms with E-state index in [2.05, 4.69) is 0 Å². The van der Waals surface area contributed by atoms with Gasteiger partial charge in [0.25, 0.3) is 5.91 Å². The Morgan fingerprint density at radius 2 is 1.88 bits per heavy atom. The van der Waals surface area contributed by atoms with Gasteiger partial charge in [-0.3, -0.25) is 4.79 Å². The molecule has 1 aromatic heterocycles. The third-order valence-corrected chi connectivity index (χ3v) is 4.63. The summed E-state index contributed by atoms with van der Waals surface area (Å²) in [5.74, 6) is 0.204. The summed E-state index contributed by atoms with van der Waals surface area (Å²) in [7, 11) is 1.97. The minimum atomic E-state index is 0.204. The minimum absolute atomic E-state index is 0.204. The van der Waals surface area contributed by atoms with Gasteiger partial charge < -0.3 is 4.90 Å². The van der Waals surface area contributed by atoms with E-state index < -0.39 is 0 Å². The van der Waals surface area contributed by atoms with Gasteiger partial charge in [0.1, 0.15) is 0 Å². The fourth-order valence-electron chi connectivity index (χ4n) is 2.53. The number of amides is 1. The number of hydrogen-bond acceptors (Lipinski definition) is 2. The molecule has 0 spiro atoms. The van der Waals surface area contributed by atoms with Crippen molar-refractivity contribution in [3.05, 3.63) is 21.9 Å². The van der Waals surface area contributed by atoms with Crippen molar-refractivity contribution in [2.75, 3.05) is 7.05 Å². The van der Waals surface area contributed by atoms with E-state index in [0.29, 0.717) is 6.04 Å². The van der Waals surface area contributed by atoms with Gasteiger partial charge in [-0.25, -0.2) is 0 Å². The Bertz CT molecular complexity index is 377. The Morgan fingerprint density at radius 3 is 2.41 bits per heavy atom. The molecular formula is C14H21NOS. The van der Waals surface area contributed by atoms with Crippen molar-refractivity contribution >= 4 is 17.2 Å². The molecule has 2 rings (SSSR count). The van der Waals surface area contributed by atoms with Gasteiger partial charge in [0.05, 0.1) is 4.88 Å². The molecule has 94 valence electrons. The second-order valence-electron chi connectivity index (χ2n) is 4.97. The third kappa shape index (κ3) is 3.09. The highest BCUT2D eigenvalue weighted by Gasteiger charge is 2.22. The first-order valence-electron chi connectivity index (χ1n) is 6.52. The summed E-state index contributed by atoms with van der Waals surface area (Å²) < 4.78 is 0. The summed E-state index contributed by atoms with van der Waals surface area (Å²) in [4.78, 5) is 16.4. The van der Waals surface area contributed by atoms with Crippen LogP contribution in [0.3, 0.4) is 0 Å². The second kappa shape index (κ2) is 5.67. The van der Waals surface area contributed by atoms with Gasteiger partial charge in [0.2, 0.25) is 0 Å². The van der Waals surface area contributed by atoms with E-state index in [9.17, 15) is 4.79 Å². The molecule has 1 fully saturated rings. The molecule has 1 amide bonds. The molecule has 3 heteroatoms. The van der Waals surface area contributed by atoms with Crippen LogP contribution in [0.4, 0.5) is 0 Å². The van der Waals surface area contributed by atoms with E-state index in [1.807, 2.05) is 31.0 Å². The van der Waals surface area contributed by atoms with Gasteiger partial charge in [-0.15, -0.1) is 11.3 Å². The lowest BCUT2D eigenvalue weighted by atomic mass is 10.1. The van der Waals surface area contributed by atoms with Crippen LogP contribution >= 0.6 is 11.3 Å². The topological polar surface area (TPSA) is 20.3 Å². The van der Waals surface area contributed by atoms with Crippen molar-refractivity contribution in [1.29, 1.82) is 0 Å². The fraction of sp³-hybridized carbons (Fsp3) is 0.643. The highest BCUT2D eigenvalue weighted by atomic mass is 32.1. The average molecular weight is 251 g/mol. The summed E-state index contributed by atoms with van der Waals surface area (Å²) in [5.41, 5.74) is 0. The van der Waals surface area contributed by atoms with Gasteiger partial charge in [0, 0.05) is 18.0 Å². The van der Waals surface area contributed by atoms with E-state index in [4.69, 9.17) is 0 Å². The lowest BCUT2D eigenvalue weighted by Crippen LogP contribution is -2.36. The summed E-state index contributed by atoms with van der Waals surface area (Å²) in [6, 6.07) is 4.43. The molecule has 0 radical (unpaired) electrons. The van der Waals surface area contributed by atoms with Crippen LogP contribution in [0.1, 0.15) is 53.1 Å². The van der Waals surface area contributed by atoms with Crippen LogP contribution in [0.5, 0.6) is 0 Å². The molecule has 17 heavy (non-hydrogen) atoms. The highest BCUT2D eigenvalue weighted by Crippen LogP contribution is 2.24. The van der Waals surface area contributed by atoms with Crippen molar-refractivity contribution in [3.8, 4) is 0 Å². The molecule has 1 aliphatic carbocycles. The van der Waals surface area contributed by atoms with Crippen LogP contribution in [-0.4, -0.2) is 23.9 Å². The number of rotatable bonds is 2. The molecule has 1 aliphatic rings. The molecule has 0 saturated heterocycles. The first-order chi connectivity index (χ1) is 8.18. The Labute approximate surface area is 108 Å². The molecule has 0 N–H and O–H groups in total. The summed E-state index contributed by atoms with van der Waals surface area (Å²) in [5, 5.41) is 0. The number of aryl methyl sites for hydroxylation is 1. The second-order valence-corrected chi connectivity index (χ2v) is 6.26. The zero-order chi connectivity index (χ0) is 12.3. The zero-order valence-corrected chi connectivity index (χ0v) is 11.6. The molecule has 1 aromatic rings. The number of carbonyl (C=O) groups excluding carboxylic acids is 1. The van der Waals surface area contributed by atoms with Crippen LogP contribution < -0.4 is 0 Å². The fourth-order valence-corrected chi connectivity index (χ4v) is 3.38. The Hall–Kier alpha value is -0.830. The summed E-state index contributed by atoms with van der Waals surface area (Å²) in [6.07, 6.45) is 7.55. The van der Waals surface area contributed by atoms with Gasteiger partial charge >= 0.3 is 0 Å². The lowest BCUT2D eigenvalue weighted by molar-refractivity contribution is 0.0722. The van der Waals surface area contributed by atoms with Crippen LogP contribution in [0.25, 0.3) is 0 Å². The molecule has 0 bridgehead atoms. The van der Waals surface area contributed by atoms with E-state index in [1.165, 1.54) is 43.4 Å². The van der Waals surface area contributed by atoms with E-state index in [0.717, 1.165) is 4.88 Å². The monoisotopic (exact) mass is 251 g/mol. The quantitative estimate of drug-likeness (QED) is 0.731. The molecule has 0 atom stereocenters. The van der Waals surface area contributed by atoms with Crippen LogP contribution in [0.15, 0.2) is 12.1 Å². The maximum absolute atomic E-state index is 12.3. The Morgan fingerprint density at radius 1 is 1.24 bits per heavy atom. The van der Waals surface area contributed by atoms with Crippen molar-refractivity contribution in [2.24, 2.45) is 0 Å². The minimum Gasteiger partial charge on any atom is -0.338 e. The van der Waals surface area contributed by atoms with Crippen LogP contribution in [0.2, 0.25) is 0 Å². The first kappa shape index (κ1) is 12.6. The van der Waals surface area contributed by atoms with Gasteiger partial charge in [-0.05, 0) is 31.9 Å². The zero-order valence-electron chi connectivity index (χ0n) is 10.7. The molecule has 1 heterocycles. The number of hydrogen-bond donors (Lipinski definition) is 0. The molecule has 1 saturated carbocycles. The van der Waals surface area contributed by atoms with Gasteiger partial charge in [0.15, 0.2) is 0 Å². The maximum Gasteiger partial charge on any atom is 0.263 e. The average Bonchev–Trinajstić information content (AvgIpc) is 2.60. The van der Waals surface area contributed by atoms with Crippen molar-refractivity contribution < 1.29 is 4.79 Å². The predicted octanol–water partition coefficient (Wildman–Crippen LogP) is 3.85. The number of carbonyl (C=O) groups is 1. The van der Waals surface area contributed by atoms with Crippen molar-refractivity contribution in [3.63, 3.8) is 0 Å². The normalized spacial score (nSPS) is 17.8. The van der Waals surface area contributed by atoms with Crippen LogP contribution in [-0.2, 0) is 0 Å². The number of nitrogens with zero attached hydrogens (tertiary/aromatic N) is 1. The largest absolute Gasteiger partial charge is 0.338 e. The van der Waals surface area contributed by atoms with Gasteiger partial charge in [-0.1, -0.05) is 25.7 Å². The molecule has 0 aliphatic heterocycles. The van der Waals surface area contributed by atoms with Crippen molar-refractivity contribution in [1.82, 2.24) is 4.90 Å². The SMILES string of the molecule is Cc1ccc(C(=O)N(C)C2CCCCCC2)s1. The van der Waals surface area contributed by atoms with Gasteiger partial charge in [-0.2, -0.15) is 0 Å². The van der Waals surface area contributed by atoms with Crippen LogP contribution in [0, 0.1) is 6.92 Å². The Kier molecular flexibility index (Phi) is 4.21.